The van der Waals surface area contributed by atoms with Gasteiger partial charge in [0.15, 0.2) is 11.5 Å². The van der Waals surface area contributed by atoms with E-state index in [2.05, 4.69) is 20.4 Å². The minimum absolute atomic E-state index is 0.298. The molecule has 0 bridgehead atoms. The van der Waals surface area contributed by atoms with Crippen molar-refractivity contribution in [1.82, 2.24) is 24.6 Å². The third kappa shape index (κ3) is 3.33. The first-order valence-corrected chi connectivity index (χ1v) is 9.67. The molecule has 5 rings (SSSR count). The van der Waals surface area contributed by atoms with Crippen molar-refractivity contribution in [2.75, 3.05) is 12.4 Å². The zero-order valence-corrected chi connectivity index (χ0v) is 16.9. The van der Waals surface area contributed by atoms with Gasteiger partial charge in [0.25, 0.3) is 5.56 Å². The Hall–Kier alpha value is -4.33. The predicted molar refractivity (Wildman–Crippen MR) is 119 cm³/mol. The SMILES string of the molecule is COc1ccc(-c2nc3c4ccccc4nc(Nc4ccccnc4=O)n3n2)cc1C. The van der Waals surface area contributed by atoms with Gasteiger partial charge in [-0.3, -0.25) is 4.79 Å². The van der Waals surface area contributed by atoms with E-state index in [1.54, 1.807) is 29.8 Å². The van der Waals surface area contributed by atoms with Crippen molar-refractivity contribution in [1.29, 1.82) is 0 Å². The highest BCUT2D eigenvalue weighted by atomic mass is 16.5. The number of benzene rings is 2. The van der Waals surface area contributed by atoms with E-state index in [1.807, 2.05) is 49.4 Å². The molecular formula is C23H18N6O2. The molecule has 31 heavy (non-hydrogen) atoms. The van der Waals surface area contributed by atoms with Gasteiger partial charge in [0.1, 0.15) is 11.4 Å². The second-order valence-electron chi connectivity index (χ2n) is 6.98. The lowest BCUT2D eigenvalue weighted by atomic mass is 10.1. The summed E-state index contributed by atoms with van der Waals surface area (Å²) in [6.45, 7) is 1.97. The Balaban J connectivity index is 1.73. The number of fused-ring (bicyclic) bond motifs is 3. The molecule has 0 aliphatic carbocycles. The Bertz CT molecular complexity index is 1500. The third-order valence-electron chi connectivity index (χ3n) is 4.96. The van der Waals surface area contributed by atoms with Gasteiger partial charge >= 0.3 is 0 Å². The van der Waals surface area contributed by atoms with Crippen LogP contribution in [-0.4, -0.2) is 31.7 Å². The minimum Gasteiger partial charge on any atom is -0.496 e. The molecule has 0 radical (unpaired) electrons. The number of hydrogen-bond acceptors (Lipinski definition) is 7. The summed E-state index contributed by atoms with van der Waals surface area (Å²) in [5.74, 6) is 1.73. The van der Waals surface area contributed by atoms with Gasteiger partial charge in [-0.1, -0.05) is 18.2 Å². The lowest BCUT2D eigenvalue weighted by Gasteiger charge is -2.07. The van der Waals surface area contributed by atoms with Gasteiger partial charge in [0.05, 0.1) is 12.6 Å². The van der Waals surface area contributed by atoms with Crippen molar-refractivity contribution >= 4 is 28.2 Å². The van der Waals surface area contributed by atoms with Gasteiger partial charge in [-0.05, 0) is 55.0 Å². The number of para-hydroxylation sites is 1. The molecule has 0 saturated carbocycles. The summed E-state index contributed by atoms with van der Waals surface area (Å²) in [5.41, 5.74) is 3.12. The number of methoxy groups -OCH3 is 1. The number of aryl methyl sites for hydroxylation is 1. The van der Waals surface area contributed by atoms with Crippen LogP contribution in [0.1, 0.15) is 5.56 Å². The molecule has 0 unspecified atom stereocenters. The average Bonchev–Trinajstić information content (AvgIpc) is 3.14. The molecule has 0 amide bonds. The number of aromatic nitrogens is 5. The fraction of sp³-hybridized carbons (Fsp3) is 0.0870. The second kappa shape index (κ2) is 7.49. The highest BCUT2D eigenvalue weighted by Gasteiger charge is 2.16. The number of ether oxygens (including phenoxy) is 1. The standard InChI is InChI=1S/C23H18N6O2/c1-14-13-15(10-11-19(14)31-2)20-27-21-16-7-3-4-8-17(16)25-23(29(21)28-20)26-18-9-5-6-12-24-22(18)30/h3-13H,1-2H3,(H,24,25,26,30). The molecule has 3 aromatic heterocycles. The monoisotopic (exact) mass is 410 g/mol. The van der Waals surface area contributed by atoms with E-state index in [0.717, 1.165) is 27.8 Å². The maximum atomic E-state index is 12.3. The Morgan fingerprint density at radius 2 is 1.84 bits per heavy atom. The van der Waals surface area contributed by atoms with Crippen LogP contribution in [0.5, 0.6) is 5.75 Å². The van der Waals surface area contributed by atoms with E-state index in [-0.39, 0.29) is 5.56 Å². The average molecular weight is 410 g/mol. The summed E-state index contributed by atoms with van der Waals surface area (Å²) in [6.07, 6.45) is 1.45. The van der Waals surface area contributed by atoms with E-state index in [4.69, 9.17) is 9.72 Å². The molecule has 0 atom stereocenters. The summed E-state index contributed by atoms with van der Waals surface area (Å²) >= 11 is 0. The maximum absolute atomic E-state index is 12.3. The van der Waals surface area contributed by atoms with Crippen molar-refractivity contribution in [3.63, 3.8) is 0 Å². The molecule has 1 N–H and O–H groups in total. The van der Waals surface area contributed by atoms with Crippen LogP contribution in [0, 0.1) is 6.92 Å². The predicted octanol–water partition coefficient (Wildman–Crippen LogP) is 3.76. The lowest BCUT2D eigenvalue weighted by Crippen LogP contribution is -2.11. The molecule has 0 fully saturated rings. The Morgan fingerprint density at radius 1 is 1.00 bits per heavy atom. The van der Waals surface area contributed by atoms with Crippen LogP contribution in [0.3, 0.4) is 0 Å². The van der Waals surface area contributed by atoms with Gasteiger partial charge in [0, 0.05) is 17.1 Å². The normalized spacial score (nSPS) is 11.0. The van der Waals surface area contributed by atoms with Crippen LogP contribution in [0.25, 0.3) is 27.9 Å². The minimum atomic E-state index is -0.390. The van der Waals surface area contributed by atoms with Crippen LogP contribution < -0.4 is 15.6 Å². The summed E-state index contributed by atoms with van der Waals surface area (Å²) in [6, 6.07) is 18.6. The first kappa shape index (κ1) is 18.7. The van der Waals surface area contributed by atoms with Crippen molar-refractivity contribution < 1.29 is 4.74 Å². The molecule has 8 nitrogen and oxygen atoms in total. The molecule has 0 spiro atoms. The van der Waals surface area contributed by atoms with Gasteiger partial charge < -0.3 is 10.1 Å². The molecule has 0 aliphatic rings. The third-order valence-corrected chi connectivity index (χ3v) is 4.96. The van der Waals surface area contributed by atoms with Gasteiger partial charge in [0.2, 0.25) is 5.95 Å². The van der Waals surface area contributed by atoms with E-state index >= 15 is 0 Å². The summed E-state index contributed by atoms with van der Waals surface area (Å²) in [5, 5.41) is 8.62. The zero-order valence-electron chi connectivity index (χ0n) is 16.9. The summed E-state index contributed by atoms with van der Waals surface area (Å²) < 4.78 is 6.97. The number of hydrogen-bond donors (Lipinski definition) is 1. The smallest absolute Gasteiger partial charge is 0.293 e. The van der Waals surface area contributed by atoms with E-state index in [1.165, 1.54) is 6.20 Å². The largest absolute Gasteiger partial charge is 0.496 e. The van der Waals surface area contributed by atoms with Crippen LogP contribution in [0.2, 0.25) is 0 Å². The topological polar surface area (TPSA) is 94.3 Å². The zero-order chi connectivity index (χ0) is 21.4. The van der Waals surface area contributed by atoms with Crippen LogP contribution >= 0.6 is 0 Å². The van der Waals surface area contributed by atoms with Crippen LogP contribution in [0.4, 0.5) is 11.6 Å². The molecule has 0 aliphatic heterocycles. The van der Waals surface area contributed by atoms with Gasteiger partial charge in [-0.15, -0.1) is 5.10 Å². The summed E-state index contributed by atoms with van der Waals surface area (Å²) in [7, 11) is 1.64. The maximum Gasteiger partial charge on any atom is 0.293 e. The Labute approximate surface area is 177 Å². The van der Waals surface area contributed by atoms with Crippen LogP contribution in [-0.2, 0) is 0 Å². The fourth-order valence-electron chi connectivity index (χ4n) is 3.45. The highest BCUT2D eigenvalue weighted by Crippen LogP contribution is 2.27. The molecule has 2 aromatic carbocycles. The van der Waals surface area contributed by atoms with Crippen molar-refractivity contribution in [3.05, 3.63) is 82.8 Å². The van der Waals surface area contributed by atoms with Crippen molar-refractivity contribution in [2.24, 2.45) is 0 Å². The molecule has 0 saturated heterocycles. The molecule has 5 aromatic rings. The molecule has 3 heterocycles. The second-order valence-corrected chi connectivity index (χ2v) is 6.98. The number of nitrogens with one attached hydrogen (secondary N) is 1. The number of anilines is 2. The molecule has 152 valence electrons. The first-order valence-electron chi connectivity index (χ1n) is 9.67. The Morgan fingerprint density at radius 3 is 2.68 bits per heavy atom. The number of nitrogens with zero attached hydrogens (tertiary/aromatic N) is 5. The summed E-state index contributed by atoms with van der Waals surface area (Å²) in [4.78, 5) is 25.6. The van der Waals surface area contributed by atoms with Crippen LogP contribution in [0.15, 0.2) is 71.7 Å². The van der Waals surface area contributed by atoms with Gasteiger partial charge in [-0.2, -0.15) is 4.52 Å². The lowest BCUT2D eigenvalue weighted by molar-refractivity contribution is 0.412. The quantitative estimate of drug-likeness (QED) is 0.482. The Kier molecular flexibility index (Phi) is 4.51. The van der Waals surface area contributed by atoms with E-state index in [0.29, 0.717) is 23.1 Å². The number of rotatable bonds is 4. The molecule has 8 heteroatoms. The molecular weight excluding hydrogens is 392 g/mol. The van der Waals surface area contributed by atoms with E-state index in [9.17, 15) is 4.79 Å². The first-order chi connectivity index (χ1) is 15.1. The van der Waals surface area contributed by atoms with E-state index < -0.39 is 0 Å². The highest BCUT2D eigenvalue weighted by molar-refractivity contribution is 5.93. The van der Waals surface area contributed by atoms with Crippen molar-refractivity contribution in [3.8, 4) is 17.1 Å². The van der Waals surface area contributed by atoms with Crippen molar-refractivity contribution in [2.45, 2.75) is 6.92 Å². The van der Waals surface area contributed by atoms with Gasteiger partial charge in [-0.25, -0.2) is 15.0 Å². The fourth-order valence-corrected chi connectivity index (χ4v) is 3.45.